The van der Waals surface area contributed by atoms with Gasteiger partial charge in [-0.15, -0.1) is 0 Å². The topological polar surface area (TPSA) is 75.4 Å². The zero-order valence-electron chi connectivity index (χ0n) is 11.1. The molecule has 5 nitrogen and oxygen atoms in total. The molecule has 1 heterocycles. The van der Waals surface area contributed by atoms with E-state index < -0.39 is 0 Å². The molecule has 2 fully saturated rings. The molecule has 0 spiro atoms. The summed E-state index contributed by atoms with van der Waals surface area (Å²) in [6.07, 6.45) is 4.90. The monoisotopic (exact) mass is 253 g/mol. The van der Waals surface area contributed by atoms with Crippen molar-refractivity contribution in [3.8, 4) is 0 Å². The van der Waals surface area contributed by atoms with E-state index in [0.29, 0.717) is 13.1 Å². The Labute approximate surface area is 108 Å². The van der Waals surface area contributed by atoms with Gasteiger partial charge in [-0.1, -0.05) is 12.8 Å². The minimum Gasteiger partial charge on any atom is -0.352 e. The fraction of sp³-hybridized carbons (Fsp3) is 0.846. The van der Waals surface area contributed by atoms with Crippen LogP contribution < -0.4 is 11.1 Å². The number of nitrogens with one attached hydrogen (secondary N) is 1. The highest BCUT2D eigenvalue weighted by Gasteiger charge is 2.43. The number of amides is 2. The lowest BCUT2D eigenvalue weighted by Crippen LogP contribution is -2.47. The molecule has 2 rings (SSSR count). The van der Waals surface area contributed by atoms with Crippen LogP contribution in [-0.4, -0.2) is 42.4 Å². The average Bonchev–Trinajstić information content (AvgIpc) is 2.96. The van der Waals surface area contributed by atoms with Crippen molar-refractivity contribution in [1.29, 1.82) is 0 Å². The van der Waals surface area contributed by atoms with Crippen LogP contribution in [0.2, 0.25) is 0 Å². The molecule has 2 amide bonds. The maximum absolute atomic E-state index is 12.6. The Morgan fingerprint density at radius 2 is 2.06 bits per heavy atom. The molecule has 5 heteroatoms. The summed E-state index contributed by atoms with van der Waals surface area (Å²) in [5.74, 6) is 0.180. The van der Waals surface area contributed by atoms with E-state index in [1.807, 2.05) is 4.90 Å². The summed E-state index contributed by atoms with van der Waals surface area (Å²) in [6.45, 7) is 3.35. The smallest absolute Gasteiger partial charge is 0.230 e. The van der Waals surface area contributed by atoms with Crippen LogP contribution in [0.5, 0.6) is 0 Å². The summed E-state index contributed by atoms with van der Waals surface area (Å²) in [4.78, 5) is 25.5. The number of nitrogens with two attached hydrogens (primary N) is 1. The van der Waals surface area contributed by atoms with Crippen molar-refractivity contribution in [2.24, 2.45) is 11.1 Å². The molecule has 18 heavy (non-hydrogen) atoms. The zero-order valence-corrected chi connectivity index (χ0v) is 11.1. The first-order valence-corrected chi connectivity index (χ1v) is 6.84. The Hall–Kier alpha value is -1.10. The van der Waals surface area contributed by atoms with E-state index in [0.717, 1.165) is 38.6 Å². The van der Waals surface area contributed by atoms with Gasteiger partial charge in [0.25, 0.3) is 0 Å². The number of likely N-dealkylation sites (tertiary alicyclic amines) is 1. The van der Waals surface area contributed by atoms with E-state index in [1.54, 1.807) is 0 Å². The molecule has 2 aliphatic rings. The summed E-state index contributed by atoms with van der Waals surface area (Å²) in [7, 11) is 0. The molecule has 0 aromatic heterocycles. The number of hydrogen-bond acceptors (Lipinski definition) is 3. The predicted molar refractivity (Wildman–Crippen MR) is 68.8 cm³/mol. The van der Waals surface area contributed by atoms with Crippen molar-refractivity contribution in [2.75, 3.05) is 19.6 Å². The Bertz CT molecular complexity index is 337. The van der Waals surface area contributed by atoms with Gasteiger partial charge >= 0.3 is 0 Å². The van der Waals surface area contributed by atoms with Gasteiger partial charge in [0.1, 0.15) is 0 Å². The highest BCUT2D eigenvalue weighted by Crippen LogP contribution is 2.39. The molecular weight excluding hydrogens is 230 g/mol. The molecular formula is C13H23N3O2. The lowest BCUT2D eigenvalue weighted by molar-refractivity contribution is -0.140. The van der Waals surface area contributed by atoms with E-state index >= 15 is 0 Å². The van der Waals surface area contributed by atoms with Gasteiger partial charge in [0.15, 0.2) is 0 Å². The molecule has 1 saturated carbocycles. The highest BCUT2D eigenvalue weighted by molar-refractivity contribution is 5.84. The Morgan fingerprint density at radius 1 is 1.39 bits per heavy atom. The van der Waals surface area contributed by atoms with E-state index in [4.69, 9.17) is 5.73 Å². The molecule has 1 saturated heterocycles. The maximum Gasteiger partial charge on any atom is 0.230 e. The molecule has 3 N–H and O–H groups in total. The van der Waals surface area contributed by atoms with Crippen molar-refractivity contribution in [2.45, 2.75) is 45.1 Å². The largest absolute Gasteiger partial charge is 0.352 e. The molecule has 0 radical (unpaired) electrons. The van der Waals surface area contributed by atoms with Crippen molar-refractivity contribution >= 4 is 11.8 Å². The number of carbonyl (C=O) groups is 2. The first-order valence-electron chi connectivity index (χ1n) is 6.84. The van der Waals surface area contributed by atoms with Crippen LogP contribution in [0.4, 0.5) is 0 Å². The second kappa shape index (κ2) is 5.26. The van der Waals surface area contributed by atoms with Crippen LogP contribution in [0.1, 0.15) is 39.0 Å². The average molecular weight is 253 g/mol. The minimum absolute atomic E-state index is 0.0243. The lowest BCUT2D eigenvalue weighted by Gasteiger charge is -2.31. The molecule has 1 aliphatic carbocycles. The summed E-state index contributed by atoms with van der Waals surface area (Å²) in [6, 6.07) is 0.114. The van der Waals surface area contributed by atoms with Gasteiger partial charge in [-0.2, -0.15) is 0 Å². The van der Waals surface area contributed by atoms with Gasteiger partial charge in [-0.25, -0.2) is 0 Å². The molecule has 0 aromatic rings. The summed E-state index contributed by atoms with van der Waals surface area (Å²) in [5, 5.41) is 2.88. The molecule has 0 aromatic carbocycles. The van der Waals surface area contributed by atoms with E-state index in [9.17, 15) is 9.59 Å². The third kappa shape index (κ3) is 2.51. The Balaban J connectivity index is 1.96. The van der Waals surface area contributed by atoms with Crippen molar-refractivity contribution in [3.05, 3.63) is 0 Å². The van der Waals surface area contributed by atoms with Crippen LogP contribution in [0.25, 0.3) is 0 Å². The minimum atomic E-state index is -0.314. The molecule has 102 valence electrons. The second-order valence-corrected chi connectivity index (χ2v) is 5.63. The lowest BCUT2D eigenvalue weighted by atomic mass is 9.85. The van der Waals surface area contributed by atoms with Gasteiger partial charge in [-0.3, -0.25) is 9.59 Å². The first-order chi connectivity index (χ1) is 8.57. The van der Waals surface area contributed by atoms with Gasteiger partial charge in [0.05, 0.1) is 5.41 Å². The standard InChI is InChI=1S/C13H23N3O2/c1-10(17)15-11-4-7-16(8-11)12(18)13(9-14)5-2-3-6-13/h11H,2-9,14H2,1H3,(H,15,17). The van der Waals surface area contributed by atoms with Crippen LogP contribution in [-0.2, 0) is 9.59 Å². The van der Waals surface area contributed by atoms with E-state index in [1.165, 1.54) is 6.92 Å². The van der Waals surface area contributed by atoms with Crippen molar-refractivity contribution in [3.63, 3.8) is 0 Å². The predicted octanol–water partition coefficient (Wildman–Crippen LogP) is 0.243. The van der Waals surface area contributed by atoms with Crippen LogP contribution in [0, 0.1) is 5.41 Å². The zero-order chi connectivity index (χ0) is 13.2. The third-order valence-corrected chi connectivity index (χ3v) is 4.29. The maximum atomic E-state index is 12.6. The van der Waals surface area contributed by atoms with Crippen molar-refractivity contribution < 1.29 is 9.59 Å². The Kier molecular flexibility index (Phi) is 3.90. The molecule has 1 atom stereocenters. The normalized spacial score (nSPS) is 26.3. The quantitative estimate of drug-likeness (QED) is 0.756. The summed E-state index contributed by atoms with van der Waals surface area (Å²) < 4.78 is 0. The SMILES string of the molecule is CC(=O)NC1CCN(C(=O)C2(CN)CCCC2)C1. The van der Waals surface area contributed by atoms with Crippen LogP contribution in [0.3, 0.4) is 0 Å². The van der Waals surface area contributed by atoms with E-state index in [2.05, 4.69) is 5.32 Å². The Morgan fingerprint density at radius 3 is 2.61 bits per heavy atom. The summed E-state index contributed by atoms with van der Waals surface area (Å²) in [5.41, 5.74) is 5.52. The van der Waals surface area contributed by atoms with Gasteiger partial charge in [0, 0.05) is 32.6 Å². The van der Waals surface area contributed by atoms with Gasteiger partial charge in [0.2, 0.25) is 11.8 Å². The second-order valence-electron chi connectivity index (χ2n) is 5.63. The highest BCUT2D eigenvalue weighted by atomic mass is 16.2. The summed E-state index contributed by atoms with van der Waals surface area (Å²) >= 11 is 0. The number of nitrogens with zero attached hydrogens (tertiary/aromatic N) is 1. The van der Waals surface area contributed by atoms with Gasteiger partial charge in [-0.05, 0) is 19.3 Å². The molecule has 1 unspecified atom stereocenters. The molecule has 0 bridgehead atoms. The first kappa shape index (κ1) is 13.3. The number of hydrogen-bond donors (Lipinski definition) is 2. The van der Waals surface area contributed by atoms with Crippen LogP contribution in [0.15, 0.2) is 0 Å². The van der Waals surface area contributed by atoms with E-state index in [-0.39, 0.29) is 23.3 Å². The number of rotatable bonds is 3. The van der Waals surface area contributed by atoms with Crippen molar-refractivity contribution in [1.82, 2.24) is 10.2 Å². The fourth-order valence-electron chi connectivity index (χ4n) is 3.24. The fourth-order valence-corrected chi connectivity index (χ4v) is 3.24. The van der Waals surface area contributed by atoms with Gasteiger partial charge < -0.3 is 16.0 Å². The third-order valence-electron chi connectivity index (χ3n) is 4.29. The molecule has 1 aliphatic heterocycles. The van der Waals surface area contributed by atoms with Crippen LogP contribution >= 0.6 is 0 Å². The number of carbonyl (C=O) groups excluding carboxylic acids is 2.